The third-order valence-corrected chi connectivity index (χ3v) is 5.19. The minimum absolute atomic E-state index is 0.0494. The maximum absolute atomic E-state index is 12.2. The van der Waals surface area contributed by atoms with E-state index < -0.39 is 16.0 Å². The van der Waals surface area contributed by atoms with Gasteiger partial charge in [0.1, 0.15) is 11.3 Å². The van der Waals surface area contributed by atoms with Crippen LogP contribution in [-0.2, 0) is 10.0 Å². The van der Waals surface area contributed by atoms with E-state index in [1.807, 2.05) is 0 Å². The standard InChI is InChI=1S/C16H17NO5S/c1-17(2)23(20,21)13-6-4-5-11(9-13)12-7-8-14(16(18)19)15(10-12)22-3/h4-10H,1-3H3,(H,18,19). The molecule has 0 saturated heterocycles. The molecular weight excluding hydrogens is 318 g/mol. The van der Waals surface area contributed by atoms with Crippen molar-refractivity contribution in [1.82, 2.24) is 4.31 Å². The number of carbonyl (C=O) groups is 1. The molecule has 7 heteroatoms. The summed E-state index contributed by atoms with van der Waals surface area (Å²) in [5, 5.41) is 9.11. The van der Waals surface area contributed by atoms with Gasteiger partial charge in [0, 0.05) is 14.1 Å². The van der Waals surface area contributed by atoms with Crippen LogP contribution >= 0.6 is 0 Å². The lowest BCUT2D eigenvalue weighted by molar-refractivity contribution is 0.0693. The molecule has 0 aliphatic carbocycles. The maximum atomic E-state index is 12.2. The number of sulfonamides is 1. The van der Waals surface area contributed by atoms with Crippen LogP contribution in [0.3, 0.4) is 0 Å². The van der Waals surface area contributed by atoms with Crippen molar-refractivity contribution in [3.05, 3.63) is 48.0 Å². The van der Waals surface area contributed by atoms with Crippen LogP contribution in [0.15, 0.2) is 47.4 Å². The summed E-state index contributed by atoms with van der Waals surface area (Å²) in [6.07, 6.45) is 0. The Morgan fingerprint density at radius 1 is 1.09 bits per heavy atom. The van der Waals surface area contributed by atoms with Gasteiger partial charge in [-0.05, 0) is 35.4 Å². The lowest BCUT2D eigenvalue weighted by Crippen LogP contribution is -2.22. The molecule has 0 aliphatic rings. The first-order valence-corrected chi connectivity index (χ1v) is 8.15. The Balaban J connectivity index is 2.54. The fourth-order valence-corrected chi connectivity index (χ4v) is 3.04. The molecule has 0 aliphatic heterocycles. The number of carboxylic acids is 1. The molecule has 0 unspecified atom stereocenters. The molecule has 23 heavy (non-hydrogen) atoms. The maximum Gasteiger partial charge on any atom is 0.339 e. The third kappa shape index (κ3) is 3.35. The van der Waals surface area contributed by atoms with Gasteiger partial charge in [-0.25, -0.2) is 17.5 Å². The van der Waals surface area contributed by atoms with Gasteiger partial charge in [-0.1, -0.05) is 18.2 Å². The van der Waals surface area contributed by atoms with Crippen molar-refractivity contribution in [2.24, 2.45) is 0 Å². The van der Waals surface area contributed by atoms with Crippen molar-refractivity contribution in [2.75, 3.05) is 21.2 Å². The number of methoxy groups -OCH3 is 1. The number of ether oxygens (including phenoxy) is 1. The van der Waals surface area contributed by atoms with Crippen molar-refractivity contribution in [1.29, 1.82) is 0 Å². The molecule has 2 rings (SSSR count). The van der Waals surface area contributed by atoms with Gasteiger partial charge in [0.25, 0.3) is 0 Å². The zero-order valence-corrected chi connectivity index (χ0v) is 13.8. The smallest absolute Gasteiger partial charge is 0.339 e. The number of benzene rings is 2. The molecule has 0 aromatic heterocycles. The van der Waals surface area contributed by atoms with Crippen LogP contribution < -0.4 is 4.74 Å². The van der Waals surface area contributed by atoms with Crippen LogP contribution in [0.25, 0.3) is 11.1 Å². The van der Waals surface area contributed by atoms with Crippen molar-refractivity contribution >= 4 is 16.0 Å². The van der Waals surface area contributed by atoms with E-state index >= 15 is 0 Å². The molecule has 2 aromatic carbocycles. The minimum atomic E-state index is -3.54. The van der Waals surface area contributed by atoms with E-state index in [2.05, 4.69) is 0 Å². The van der Waals surface area contributed by atoms with Gasteiger partial charge in [0.15, 0.2) is 0 Å². The largest absolute Gasteiger partial charge is 0.496 e. The zero-order chi connectivity index (χ0) is 17.2. The van der Waals surface area contributed by atoms with Gasteiger partial charge in [-0.15, -0.1) is 0 Å². The second-order valence-corrected chi connectivity index (χ2v) is 7.19. The fraction of sp³-hybridized carbons (Fsp3) is 0.188. The van der Waals surface area contributed by atoms with E-state index in [1.54, 1.807) is 30.3 Å². The Morgan fingerprint density at radius 2 is 1.74 bits per heavy atom. The summed E-state index contributed by atoms with van der Waals surface area (Å²) in [7, 11) is 0.781. The van der Waals surface area contributed by atoms with E-state index in [-0.39, 0.29) is 16.2 Å². The molecule has 1 N–H and O–H groups in total. The predicted octanol–water partition coefficient (Wildman–Crippen LogP) is 2.31. The predicted molar refractivity (Wildman–Crippen MR) is 86.3 cm³/mol. The van der Waals surface area contributed by atoms with E-state index in [9.17, 15) is 13.2 Å². The summed E-state index contributed by atoms with van der Waals surface area (Å²) < 4.78 is 30.6. The van der Waals surface area contributed by atoms with Crippen LogP contribution in [0.2, 0.25) is 0 Å². The third-order valence-electron chi connectivity index (χ3n) is 3.38. The molecule has 0 atom stereocenters. The van der Waals surface area contributed by atoms with Crippen molar-refractivity contribution < 1.29 is 23.1 Å². The van der Waals surface area contributed by atoms with Crippen LogP contribution in [0, 0.1) is 0 Å². The molecule has 122 valence electrons. The first-order valence-electron chi connectivity index (χ1n) is 6.71. The SMILES string of the molecule is COc1cc(-c2cccc(S(=O)(=O)N(C)C)c2)ccc1C(=O)O. The number of carboxylic acid groups (broad SMARTS) is 1. The number of nitrogens with zero attached hydrogens (tertiary/aromatic N) is 1. The van der Waals surface area contributed by atoms with Gasteiger partial charge in [-0.3, -0.25) is 0 Å². The normalized spacial score (nSPS) is 11.5. The summed E-state index contributed by atoms with van der Waals surface area (Å²) in [4.78, 5) is 11.3. The summed E-state index contributed by atoms with van der Waals surface area (Å²) in [5.74, 6) is -0.867. The van der Waals surface area contributed by atoms with Crippen molar-refractivity contribution in [3.63, 3.8) is 0 Å². The Hall–Kier alpha value is -2.38. The van der Waals surface area contributed by atoms with Crippen LogP contribution in [-0.4, -0.2) is 45.0 Å². The fourth-order valence-electron chi connectivity index (χ4n) is 2.09. The molecule has 0 fully saturated rings. The molecule has 0 saturated carbocycles. The lowest BCUT2D eigenvalue weighted by atomic mass is 10.0. The van der Waals surface area contributed by atoms with Crippen LogP contribution in [0.5, 0.6) is 5.75 Å². The molecule has 0 spiro atoms. The first-order chi connectivity index (χ1) is 10.8. The highest BCUT2D eigenvalue weighted by Gasteiger charge is 2.18. The van der Waals surface area contributed by atoms with Gasteiger partial charge in [0.2, 0.25) is 10.0 Å². The minimum Gasteiger partial charge on any atom is -0.496 e. The summed E-state index contributed by atoms with van der Waals surface area (Å²) in [6.45, 7) is 0. The quantitative estimate of drug-likeness (QED) is 0.906. The average Bonchev–Trinajstić information content (AvgIpc) is 2.54. The average molecular weight is 335 g/mol. The van der Waals surface area contributed by atoms with Crippen LogP contribution in [0.1, 0.15) is 10.4 Å². The monoisotopic (exact) mass is 335 g/mol. The van der Waals surface area contributed by atoms with Crippen molar-refractivity contribution in [3.8, 4) is 16.9 Å². The molecule has 0 amide bonds. The van der Waals surface area contributed by atoms with Crippen LogP contribution in [0.4, 0.5) is 0 Å². The summed E-state index contributed by atoms with van der Waals surface area (Å²) in [6, 6.07) is 11.1. The van der Waals surface area contributed by atoms with E-state index in [1.165, 1.54) is 33.3 Å². The Labute approximate surface area is 135 Å². The summed E-state index contributed by atoms with van der Waals surface area (Å²) in [5.41, 5.74) is 1.37. The second-order valence-electron chi connectivity index (χ2n) is 5.04. The Morgan fingerprint density at radius 3 is 2.30 bits per heavy atom. The van der Waals surface area contributed by atoms with Gasteiger partial charge in [0.05, 0.1) is 12.0 Å². The topological polar surface area (TPSA) is 83.9 Å². The Bertz CT molecular complexity index is 843. The highest BCUT2D eigenvalue weighted by Crippen LogP contribution is 2.29. The molecular formula is C16H17NO5S. The molecule has 0 heterocycles. The van der Waals surface area contributed by atoms with E-state index in [0.717, 1.165) is 4.31 Å². The van der Waals surface area contributed by atoms with Gasteiger partial charge in [-0.2, -0.15) is 0 Å². The van der Waals surface area contributed by atoms with E-state index in [4.69, 9.17) is 9.84 Å². The highest BCUT2D eigenvalue weighted by atomic mass is 32.2. The molecule has 0 bridgehead atoms. The van der Waals surface area contributed by atoms with Gasteiger partial charge < -0.3 is 9.84 Å². The van der Waals surface area contributed by atoms with Crippen molar-refractivity contribution in [2.45, 2.75) is 4.90 Å². The molecule has 6 nitrogen and oxygen atoms in total. The highest BCUT2D eigenvalue weighted by molar-refractivity contribution is 7.89. The number of hydrogen-bond donors (Lipinski definition) is 1. The second kappa shape index (κ2) is 6.39. The lowest BCUT2D eigenvalue weighted by Gasteiger charge is -2.13. The number of aromatic carboxylic acids is 1. The molecule has 0 radical (unpaired) electrons. The number of rotatable bonds is 5. The molecule has 2 aromatic rings. The first kappa shape index (κ1) is 17.0. The van der Waals surface area contributed by atoms with E-state index in [0.29, 0.717) is 11.1 Å². The Kier molecular flexibility index (Phi) is 4.72. The zero-order valence-electron chi connectivity index (χ0n) is 13.0. The van der Waals surface area contributed by atoms with Gasteiger partial charge >= 0.3 is 5.97 Å². The summed E-state index contributed by atoms with van der Waals surface area (Å²) >= 11 is 0. The number of hydrogen-bond acceptors (Lipinski definition) is 4.